The first-order valence-electron chi connectivity index (χ1n) is 7.59. The molecule has 0 saturated carbocycles. The predicted molar refractivity (Wildman–Crippen MR) is 90.3 cm³/mol. The molecule has 1 amide bonds. The van der Waals surface area contributed by atoms with Crippen LogP contribution in [0.5, 0.6) is 5.75 Å². The fraction of sp³-hybridized carbons (Fsp3) is 0.316. The molecule has 0 aliphatic heterocycles. The fourth-order valence-electron chi connectivity index (χ4n) is 2.29. The molecule has 0 unspecified atom stereocenters. The topological polar surface area (TPSA) is 38.3 Å². The number of rotatable bonds is 5. The van der Waals surface area contributed by atoms with Gasteiger partial charge in [0.15, 0.2) is 0 Å². The van der Waals surface area contributed by atoms with Gasteiger partial charge < -0.3 is 10.1 Å². The van der Waals surface area contributed by atoms with Crippen molar-refractivity contribution in [3.8, 4) is 5.75 Å². The second-order valence-corrected chi connectivity index (χ2v) is 5.62. The van der Waals surface area contributed by atoms with Gasteiger partial charge in [-0.25, -0.2) is 0 Å². The highest BCUT2D eigenvalue weighted by Gasteiger charge is 2.08. The van der Waals surface area contributed by atoms with Crippen molar-refractivity contribution in [1.82, 2.24) is 0 Å². The van der Waals surface area contributed by atoms with Gasteiger partial charge in [-0.05, 0) is 44.0 Å². The van der Waals surface area contributed by atoms with Crippen LogP contribution in [0.15, 0.2) is 36.4 Å². The Balaban J connectivity index is 2.16. The predicted octanol–water partition coefficient (Wildman–Crippen LogP) is 4.54. The van der Waals surface area contributed by atoms with Gasteiger partial charge in [0.1, 0.15) is 12.4 Å². The van der Waals surface area contributed by atoms with E-state index in [0.29, 0.717) is 13.0 Å². The summed E-state index contributed by atoms with van der Waals surface area (Å²) >= 11 is 0. The lowest BCUT2D eigenvalue weighted by molar-refractivity contribution is -0.115. The largest absolute Gasteiger partial charge is 0.489 e. The number of amides is 1. The molecule has 0 atom stereocenters. The van der Waals surface area contributed by atoms with Crippen molar-refractivity contribution in [3.63, 3.8) is 0 Å². The molecule has 0 bridgehead atoms. The maximum Gasteiger partial charge on any atom is 0.224 e. The average Bonchev–Trinajstić information content (AvgIpc) is 2.48. The minimum Gasteiger partial charge on any atom is -0.489 e. The number of nitrogens with one attached hydrogen (secondary N) is 1. The highest BCUT2D eigenvalue weighted by atomic mass is 16.5. The van der Waals surface area contributed by atoms with E-state index in [2.05, 4.69) is 18.3 Å². The van der Waals surface area contributed by atoms with Crippen molar-refractivity contribution in [2.75, 3.05) is 5.32 Å². The summed E-state index contributed by atoms with van der Waals surface area (Å²) in [6.45, 7) is 8.39. The zero-order valence-corrected chi connectivity index (χ0v) is 13.7. The van der Waals surface area contributed by atoms with Gasteiger partial charge in [-0.3, -0.25) is 4.79 Å². The van der Waals surface area contributed by atoms with E-state index in [1.807, 2.05) is 51.1 Å². The fourth-order valence-corrected chi connectivity index (χ4v) is 2.29. The van der Waals surface area contributed by atoms with Crippen LogP contribution < -0.4 is 10.1 Å². The van der Waals surface area contributed by atoms with E-state index in [-0.39, 0.29) is 5.91 Å². The van der Waals surface area contributed by atoms with Gasteiger partial charge in [0, 0.05) is 17.7 Å². The van der Waals surface area contributed by atoms with Crippen LogP contribution in [0.2, 0.25) is 0 Å². The Labute approximate surface area is 132 Å². The minimum absolute atomic E-state index is 0.0124. The molecule has 2 aromatic rings. The number of anilines is 1. The molecule has 3 nitrogen and oxygen atoms in total. The summed E-state index contributed by atoms with van der Waals surface area (Å²) in [6.07, 6.45) is 0.464. The standard InChI is InChI=1S/C19H23NO2/c1-5-19(21)20-17-11-14(3)6-8-16(17)12-22-18-9-7-13(2)10-15(18)4/h6-11H,5,12H2,1-4H3,(H,20,21). The third-order valence-corrected chi connectivity index (χ3v) is 3.57. The molecule has 0 aliphatic rings. The van der Waals surface area contributed by atoms with E-state index in [0.717, 1.165) is 28.1 Å². The van der Waals surface area contributed by atoms with Gasteiger partial charge >= 0.3 is 0 Å². The third kappa shape index (κ3) is 4.10. The lowest BCUT2D eigenvalue weighted by atomic mass is 10.1. The maximum atomic E-state index is 11.7. The number of carbonyl (C=O) groups is 1. The van der Waals surface area contributed by atoms with E-state index >= 15 is 0 Å². The quantitative estimate of drug-likeness (QED) is 0.880. The van der Waals surface area contributed by atoms with Gasteiger partial charge in [-0.1, -0.05) is 36.8 Å². The van der Waals surface area contributed by atoms with Crippen LogP contribution in [-0.4, -0.2) is 5.91 Å². The summed E-state index contributed by atoms with van der Waals surface area (Å²) in [5.41, 5.74) is 5.26. The average molecular weight is 297 g/mol. The van der Waals surface area contributed by atoms with Crippen LogP contribution in [0.3, 0.4) is 0 Å². The normalized spacial score (nSPS) is 10.4. The Kier molecular flexibility index (Phi) is 5.21. The zero-order valence-electron chi connectivity index (χ0n) is 13.7. The lowest BCUT2D eigenvalue weighted by Gasteiger charge is -2.14. The Morgan fingerprint density at radius 1 is 1.05 bits per heavy atom. The van der Waals surface area contributed by atoms with E-state index in [9.17, 15) is 4.79 Å². The first-order chi connectivity index (χ1) is 10.5. The third-order valence-electron chi connectivity index (χ3n) is 3.57. The summed E-state index contributed by atoms with van der Waals surface area (Å²) in [7, 11) is 0. The van der Waals surface area contributed by atoms with E-state index in [1.54, 1.807) is 0 Å². The summed E-state index contributed by atoms with van der Waals surface area (Å²) in [5, 5.41) is 2.94. The summed E-state index contributed by atoms with van der Waals surface area (Å²) < 4.78 is 5.92. The minimum atomic E-state index is 0.0124. The van der Waals surface area contributed by atoms with E-state index < -0.39 is 0 Å². The molecule has 116 valence electrons. The van der Waals surface area contributed by atoms with Gasteiger partial charge in [0.25, 0.3) is 0 Å². The molecule has 0 fully saturated rings. The van der Waals surface area contributed by atoms with Crippen molar-refractivity contribution >= 4 is 11.6 Å². The Morgan fingerprint density at radius 3 is 2.41 bits per heavy atom. The number of aryl methyl sites for hydroxylation is 3. The monoisotopic (exact) mass is 297 g/mol. The molecule has 0 spiro atoms. The molecular formula is C19H23NO2. The molecule has 2 aromatic carbocycles. The van der Waals surface area contributed by atoms with Gasteiger partial charge in [-0.15, -0.1) is 0 Å². The number of carbonyl (C=O) groups excluding carboxylic acids is 1. The Hall–Kier alpha value is -2.29. The second kappa shape index (κ2) is 7.12. The molecule has 1 N–H and O–H groups in total. The second-order valence-electron chi connectivity index (χ2n) is 5.62. The van der Waals surface area contributed by atoms with Gasteiger partial charge in [0.2, 0.25) is 5.91 Å². The molecule has 3 heteroatoms. The van der Waals surface area contributed by atoms with Crippen LogP contribution in [0.4, 0.5) is 5.69 Å². The van der Waals surface area contributed by atoms with Crippen LogP contribution in [0, 0.1) is 20.8 Å². The van der Waals surface area contributed by atoms with Crippen LogP contribution >= 0.6 is 0 Å². The lowest BCUT2D eigenvalue weighted by Crippen LogP contribution is -2.12. The summed E-state index contributed by atoms with van der Waals surface area (Å²) in [5.74, 6) is 0.886. The highest BCUT2D eigenvalue weighted by molar-refractivity contribution is 5.91. The molecule has 0 aromatic heterocycles. The number of ether oxygens (including phenoxy) is 1. The molecule has 0 heterocycles. The van der Waals surface area contributed by atoms with E-state index in [4.69, 9.17) is 4.74 Å². The number of hydrogen-bond donors (Lipinski definition) is 1. The van der Waals surface area contributed by atoms with Crippen molar-refractivity contribution in [2.45, 2.75) is 40.7 Å². The van der Waals surface area contributed by atoms with E-state index in [1.165, 1.54) is 5.56 Å². The highest BCUT2D eigenvalue weighted by Crippen LogP contribution is 2.23. The van der Waals surface area contributed by atoms with Crippen LogP contribution in [0.25, 0.3) is 0 Å². The maximum absolute atomic E-state index is 11.7. The van der Waals surface area contributed by atoms with Crippen molar-refractivity contribution < 1.29 is 9.53 Å². The zero-order chi connectivity index (χ0) is 16.1. The number of hydrogen-bond acceptors (Lipinski definition) is 2. The Bertz CT molecular complexity index is 677. The smallest absolute Gasteiger partial charge is 0.224 e. The molecule has 0 saturated heterocycles. The summed E-state index contributed by atoms with van der Waals surface area (Å²) in [4.78, 5) is 11.7. The SMILES string of the molecule is CCC(=O)Nc1cc(C)ccc1COc1ccc(C)cc1C. The van der Waals surface area contributed by atoms with Gasteiger partial charge in [-0.2, -0.15) is 0 Å². The van der Waals surface area contributed by atoms with Crippen molar-refractivity contribution in [2.24, 2.45) is 0 Å². The molecule has 0 radical (unpaired) electrons. The molecular weight excluding hydrogens is 274 g/mol. The summed E-state index contributed by atoms with van der Waals surface area (Å²) in [6, 6.07) is 12.1. The molecule has 22 heavy (non-hydrogen) atoms. The molecule has 2 rings (SSSR count). The van der Waals surface area contributed by atoms with Crippen LogP contribution in [0.1, 0.15) is 35.6 Å². The first-order valence-corrected chi connectivity index (χ1v) is 7.59. The first kappa shape index (κ1) is 16.1. The van der Waals surface area contributed by atoms with Crippen molar-refractivity contribution in [1.29, 1.82) is 0 Å². The number of benzene rings is 2. The Morgan fingerprint density at radius 2 is 1.73 bits per heavy atom. The molecule has 0 aliphatic carbocycles. The van der Waals surface area contributed by atoms with Gasteiger partial charge in [0.05, 0.1) is 0 Å². The van der Waals surface area contributed by atoms with Crippen LogP contribution in [-0.2, 0) is 11.4 Å². The van der Waals surface area contributed by atoms with Crippen molar-refractivity contribution in [3.05, 3.63) is 58.7 Å².